The van der Waals surface area contributed by atoms with Crippen LogP contribution in [0.5, 0.6) is 0 Å². The summed E-state index contributed by atoms with van der Waals surface area (Å²) < 4.78 is 6.09. The Morgan fingerprint density at radius 1 is 1.17 bits per heavy atom. The second-order valence-corrected chi connectivity index (χ2v) is 5.82. The standard InChI is InChI=1S/C18H19NO4/c1-12-16(6-9-19(17(12)20)18(21)22)15-4-2-13(3-5-15)14-7-10-23-11-8-14/h2-6,9,14H,7-8,10-11H2,1H3,(H,21,22). The van der Waals surface area contributed by atoms with Crippen molar-refractivity contribution < 1.29 is 14.6 Å². The molecule has 2 heterocycles. The summed E-state index contributed by atoms with van der Waals surface area (Å²) in [6.45, 7) is 3.27. The zero-order valence-electron chi connectivity index (χ0n) is 13.0. The summed E-state index contributed by atoms with van der Waals surface area (Å²) in [4.78, 5) is 23.1. The first kappa shape index (κ1) is 15.5. The second-order valence-electron chi connectivity index (χ2n) is 5.82. The minimum Gasteiger partial charge on any atom is -0.464 e. The molecule has 1 aromatic carbocycles. The lowest BCUT2D eigenvalue weighted by atomic mass is 9.90. The van der Waals surface area contributed by atoms with Crippen LogP contribution in [0, 0.1) is 6.92 Å². The van der Waals surface area contributed by atoms with Gasteiger partial charge < -0.3 is 9.84 Å². The zero-order chi connectivity index (χ0) is 16.4. The maximum atomic E-state index is 12.1. The first-order valence-corrected chi connectivity index (χ1v) is 7.71. The van der Waals surface area contributed by atoms with E-state index in [1.807, 2.05) is 12.1 Å². The van der Waals surface area contributed by atoms with Gasteiger partial charge in [0.15, 0.2) is 0 Å². The molecule has 1 aliphatic heterocycles. The Bertz CT molecular complexity index is 771. The van der Waals surface area contributed by atoms with Crippen LogP contribution in [0.2, 0.25) is 0 Å². The normalized spacial score (nSPS) is 15.5. The quantitative estimate of drug-likeness (QED) is 0.924. The molecule has 5 nitrogen and oxygen atoms in total. The van der Waals surface area contributed by atoms with Crippen molar-refractivity contribution in [2.45, 2.75) is 25.7 Å². The zero-order valence-corrected chi connectivity index (χ0v) is 13.0. The molecule has 0 atom stereocenters. The number of ether oxygens (including phenoxy) is 1. The van der Waals surface area contributed by atoms with Crippen LogP contribution in [0.3, 0.4) is 0 Å². The minimum absolute atomic E-state index is 0.439. The highest BCUT2D eigenvalue weighted by atomic mass is 16.5. The number of benzene rings is 1. The van der Waals surface area contributed by atoms with E-state index in [0.29, 0.717) is 16.0 Å². The molecule has 0 spiro atoms. The van der Waals surface area contributed by atoms with Crippen molar-refractivity contribution in [1.82, 2.24) is 4.57 Å². The molecule has 0 radical (unpaired) electrons. The van der Waals surface area contributed by atoms with Gasteiger partial charge in [-0.25, -0.2) is 9.36 Å². The van der Waals surface area contributed by atoms with E-state index < -0.39 is 11.7 Å². The minimum atomic E-state index is -1.26. The molecule has 120 valence electrons. The van der Waals surface area contributed by atoms with E-state index in [-0.39, 0.29) is 0 Å². The number of carbonyl (C=O) groups is 1. The van der Waals surface area contributed by atoms with E-state index in [1.165, 1.54) is 11.8 Å². The van der Waals surface area contributed by atoms with Gasteiger partial charge in [0.25, 0.3) is 5.56 Å². The summed E-state index contributed by atoms with van der Waals surface area (Å²) in [6, 6.07) is 9.85. The summed E-state index contributed by atoms with van der Waals surface area (Å²) in [7, 11) is 0. The van der Waals surface area contributed by atoms with E-state index in [2.05, 4.69) is 12.1 Å². The van der Waals surface area contributed by atoms with Gasteiger partial charge in [0.05, 0.1) is 0 Å². The van der Waals surface area contributed by atoms with E-state index >= 15 is 0 Å². The molecule has 1 N–H and O–H groups in total. The lowest BCUT2D eigenvalue weighted by Crippen LogP contribution is -2.27. The monoisotopic (exact) mass is 313 g/mol. The number of hydrogen-bond donors (Lipinski definition) is 1. The van der Waals surface area contributed by atoms with E-state index in [0.717, 1.165) is 37.2 Å². The highest BCUT2D eigenvalue weighted by Crippen LogP contribution is 2.29. The Hall–Kier alpha value is -2.40. The van der Waals surface area contributed by atoms with Gasteiger partial charge in [0, 0.05) is 25.0 Å². The first-order valence-electron chi connectivity index (χ1n) is 7.71. The fraction of sp³-hybridized carbons (Fsp3) is 0.333. The molecule has 0 saturated carbocycles. The molecule has 1 aliphatic rings. The second kappa shape index (κ2) is 6.38. The Morgan fingerprint density at radius 2 is 1.83 bits per heavy atom. The van der Waals surface area contributed by atoms with Crippen LogP contribution < -0.4 is 5.56 Å². The van der Waals surface area contributed by atoms with Crippen LogP contribution in [0.4, 0.5) is 4.79 Å². The van der Waals surface area contributed by atoms with Crippen LogP contribution >= 0.6 is 0 Å². The molecule has 0 amide bonds. The maximum absolute atomic E-state index is 12.1. The lowest BCUT2D eigenvalue weighted by molar-refractivity contribution is 0.0853. The Morgan fingerprint density at radius 3 is 2.43 bits per heavy atom. The number of carboxylic acid groups (broad SMARTS) is 1. The molecule has 23 heavy (non-hydrogen) atoms. The number of pyridine rings is 1. The molecule has 1 saturated heterocycles. The molecule has 0 aliphatic carbocycles. The number of aromatic nitrogens is 1. The summed E-state index contributed by atoms with van der Waals surface area (Å²) in [5, 5.41) is 8.98. The molecule has 1 fully saturated rings. The molecule has 1 aromatic heterocycles. The van der Waals surface area contributed by atoms with Crippen molar-refractivity contribution in [3.05, 3.63) is 58.0 Å². The fourth-order valence-electron chi connectivity index (χ4n) is 3.07. The molecular weight excluding hydrogens is 294 g/mol. The Labute approximate surface area is 134 Å². The molecule has 5 heteroatoms. The van der Waals surface area contributed by atoms with Gasteiger partial charge in [-0.2, -0.15) is 0 Å². The van der Waals surface area contributed by atoms with Gasteiger partial charge in [-0.15, -0.1) is 0 Å². The summed E-state index contributed by atoms with van der Waals surface area (Å²) >= 11 is 0. The summed E-state index contributed by atoms with van der Waals surface area (Å²) in [6.07, 6.45) is 2.11. The average Bonchev–Trinajstić information content (AvgIpc) is 2.58. The van der Waals surface area contributed by atoms with E-state index in [9.17, 15) is 9.59 Å². The third-order valence-electron chi connectivity index (χ3n) is 4.45. The van der Waals surface area contributed by atoms with Gasteiger partial charge in [-0.3, -0.25) is 4.79 Å². The molecule has 2 aromatic rings. The highest BCUT2D eigenvalue weighted by Gasteiger charge is 2.16. The average molecular weight is 313 g/mol. The lowest BCUT2D eigenvalue weighted by Gasteiger charge is -2.22. The number of hydrogen-bond acceptors (Lipinski definition) is 3. The predicted molar refractivity (Wildman–Crippen MR) is 87.1 cm³/mol. The predicted octanol–water partition coefficient (Wildman–Crippen LogP) is 3.24. The van der Waals surface area contributed by atoms with Crippen molar-refractivity contribution in [3.8, 4) is 11.1 Å². The van der Waals surface area contributed by atoms with E-state index in [4.69, 9.17) is 9.84 Å². The van der Waals surface area contributed by atoms with Crippen LogP contribution in [0.1, 0.15) is 29.9 Å². The van der Waals surface area contributed by atoms with Crippen molar-refractivity contribution in [1.29, 1.82) is 0 Å². The van der Waals surface area contributed by atoms with Crippen molar-refractivity contribution in [2.24, 2.45) is 0 Å². The highest BCUT2D eigenvalue weighted by molar-refractivity contribution is 5.72. The smallest absolute Gasteiger partial charge is 0.418 e. The molecule has 0 unspecified atom stereocenters. The third kappa shape index (κ3) is 3.05. The molecule has 0 bridgehead atoms. The van der Waals surface area contributed by atoms with Crippen LogP contribution in [-0.4, -0.2) is 29.0 Å². The van der Waals surface area contributed by atoms with Crippen molar-refractivity contribution in [2.75, 3.05) is 13.2 Å². The SMILES string of the molecule is Cc1c(-c2ccc(C3CCOCC3)cc2)ccn(C(=O)O)c1=O. The van der Waals surface area contributed by atoms with Crippen LogP contribution in [-0.2, 0) is 4.74 Å². The number of nitrogens with zero attached hydrogens (tertiary/aromatic N) is 1. The van der Waals surface area contributed by atoms with Gasteiger partial charge in [-0.1, -0.05) is 24.3 Å². The Kier molecular flexibility index (Phi) is 4.30. The molecule has 3 rings (SSSR count). The van der Waals surface area contributed by atoms with Crippen LogP contribution in [0.15, 0.2) is 41.3 Å². The third-order valence-corrected chi connectivity index (χ3v) is 4.45. The maximum Gasteiger partial charge on any atom is 0.418 e. The topological polar surface area (TPSA) is 68.5 Å². The van der Waals surface area contributed by atoms with Gasteiger partial charge >= 0.3 is 6.09 Å². The van der Waals surface area contributed by atoms with E-state index in [1.54, 1.807) is 13.0 Å². The number of rotatable bonds is 2. The summed E-state index contributed by atoms with van der Waals surface area (Å²) in [5.74, 6) is 0.527. The van der Waals surface area contributed by atoms with Crippen molar-refractivity contribution in [3.63, 3.8) is 0 Å². The first-order chi connectivity index (χ1) is 11.1. The fourth-order valence-corrected chi connectivity index (χ4v) is 3.07. The largest absolute Gasteiger partial charge is 0.464 e. The van der Waals surface area contributed by atoms with Gasteiger partial charge in [-0.05, 0) is 48.4 Å². The van der Waals surface area contributed by atoms with Gasteiger partial charge in [0.1, 0.15) is 0 Å². The Balaban J connectivity index is 1.92. The molecular formula is C18H19NO4. The van der Waals surface area contributed by atoms with Crippen molar-refractivity contribution >= 4 is 6.09 Å². The summed E-state index contributed by atoms with van der Waals surface area (Å²) in [5.41, 5.74) is 2.92. The van der Waals surface area contributed by atoms with Crippen LogP contribution in [0.25, 0.3) is 11.1 Å². The van der Waals surface area contributed by atoms with Gasteiger partial charge in [0.2, 0.25) is 0 Å².